The van der Waals surface area contributed by atoms with Crippen molar-refractivity contribution in [3.8, 4) is 5.92 Å². The van der Waals surface area contributed by atoms with Crippen molar-refractivity contribution < 1.29 is 31.9 Å². The molecule has 0 saturated carbocycles. The van der Waals surface area contributed by atoms with Crippen LogP contribution < -0.4 is 15.9 Å². The Morgan fingerprint density at radius 3 is 1.53 bits per heavy atom. The molecule has 162 valence electrons. The van der Waals surface area contributed by atoms with Crippen LogP contribution >= 0.6 is 7.92 Å². The summed E-state index contributed by atoms with van der Waals surface area (Å²) in [5, 5.41) is 4.19. The molecule has 0 fully saturated rings. The van der Waals surface area contributed by atoms with E-state index in [9.17, 15) is 4.79 Å². The second-order valence-corrected chi connectivity index (χ2v) is 8.76. The Morgan fingerprint density at radius 1 is 0.719 bits per heavy atom. The van der Waals surface area contributed by atoms with E-state index in [1.165, 1.54) is 23.0 Å². The van der Waals surface area contributed by atoms with E-state index in [1.54, 1.807) is 24.3 Å². The molecule has 0 N–H and O–H groups in total. The van der Waals surface area contributed by atoms with Crippen LogP contribution in [0.25, 0.3) is 0 Å². The van der Waals surface area contributed by atoms with Gasteiger partial charge < -0.3 is 11.2 Å². The molecule has 0 aliphatic rings. The molecule has 4 heteroatoms. The summed E-state index contributed by atoms with van der Waals surface area (Å²) in [4.78, 5) is 11.0. The molecule has 0 aromatic heterocycles. The molecule has 0 saturated heterocycles. The molecule has 0 radical (unpaired) electrons. The topological polar surface area (TPSA) is 26.3 Å². The molecule has 4 aromatic rings. The number of rotatable bonds is 4. The average Bonchev–Trinajstić information content (AvgIpc) is 2.86. The number of esters is 1. The summed E-state index contributed by atoms with van der Waals surface area (Å²) >= 11 is 0. The fourth-order valence-electron chi connectivity index (χ4n) is 3.02. The minimum absolute atomic E-state index is 0. The number of benzene rings is 4. The van der Waals surface area contributed by atoms with Gasteiger partial charge in [0, 0.05) is 5.56 Å². The van der Waals surface area contributed by atoms with Crippen molar-refractivity contribution in [2.75, 3.05) is 7.11 Å². The Bertz CT molecular complexity index is 1050. The number of hydrogen-bond acceptors (Lipinski definition) is 2. The van der Waals surface area contributed by atoms with Gasteiger partial charge in [0.05, 0.1) is 7.11 Å². The molecule has 0 atom stereocenters. The predicted molar refractivity (Wildman–Crippen MR) is 129 cm³/mol. The largest absolute Gasteiger partial charge is 1.00 e. The van der Waals surface area contributed by atoms with Crippen LogP contribution in [0.3, 0.4) is 0 Å². The summed E-state index contributed by atoms with van der Waals surface area (Å²) in [6.07, 6.45) is 6.84. The van der Waals surface area contributed by atoms with Gasteiger partial charge in [0.15, 0.2) is 0 Å². The molecule has 0 aliphatic carbocycles. The Kier molecular flexibility index (Phi) is 10.7. The maximum absolute atomic E-state index is 11.0. The summed E-state index contributed by atoms with van der Waals surface area (Å²) in [6, 6.07) is 38.9. The van der Waals surface area contributed by atoms with Crippen molar-refractivity contribution in [3.63, 3.8) is 0 Å². The van der Waals surface area contributed by atoms with E-state index in [1.807, 2.05) is 0 Å². The monoisotopic (exact) mass is 618 g/mol. The van der Waals surface area contributed by atoms with Gasteiger partial charge in [-0.15, -0.1) is 17.7 Å². The second kappa shape index (κ2) is 13.5. The van der Waals surface area contributed by atoms with Crippen molar-refractivity contribution in [1.82, 2.24) is 0 Å². The van der Waals surface area contributed by atoms with E-state index in [4.69, 9.17) is 6.42 Å². The van der Waals surface area contributed by atoms with Crippen LogP contribution in [0.4, 0.5) is 0 Å². The summed E-state index contributed by atoms with van der Waals surface area (Å²) in [5.41, 5.74) is 1.01. The zero-order valence-electron chi connectivity index (χ0n) is 17.5. The molecule has 4 rings (SSSR count). The fourth-order valence-corrected chi connectivity index (χ4v) is 5.33. The third-order valence-corrected chi connectivity index (χ3v) is 6.91. The molecule has 0 bridgehead atoms. The summed E-state index contributed by atoms with van der Waals surface area (Å²) in [5.74, 6) is 1.79. The third kappa shape index (κ3) is 7.06. The van der Waals surface area contributed by atoms with Gasteiger partial charge in [-0.2, -0.15) is 0 Å². The van der Waals surface area contributed by atoms with Crippen LogP contribution in [0.2, 0.25) is 0 Å². The minimum atomic E-state index is -0.446. The van der Waals surface area contributed by atoms with Crippen molar-refractivity contribution in [3.05, 3.63) is 133 Å². The van der Waals surface area contributed by atoms with E-state index in [0.717, 1.165) is 0 Å². The van der Waals surface area contributed by atoms with Crippen molar-refractivity contribution in [2.45, 2.75) is 0 Å². The van der Waals surface area contributed by atoms with Gasteiger partial charge in [-0.1, -0.05) is 103 Å². The SMILES string of the molecule is [Au+].[C-]#Cc1cccc(C(=O)OC)c1.c1ccc(P(c2ccccc2)c2ccccc2)cc1. The molecule has 2 nitrogen and oxygen atoms in total. The van der Waals surface area contributed by atoms with Gasteiger partial charge in [0.2, 0.25) is 0 Å². The average molecular weight is 618 g/mol. The van der Waals surface area contributed by atoms with E-state index in [-0.39, 0.29) is 22.4 Å². The van der Waals surface area contributed by atoms with E-state index in [0.29, 0.717) is 11.1 Å². The number of hydrogen-bond donors (Lipinski definition) is 0. The van der Waals surface area contributed by atoms with Crippen LogP contribution in [0.5, 0.6) is 0 Å². The number of methoxy groups -OCH3 is 1. The first-order valence-corrected chi connectivity index (χ1v) is 11.1. The van der Waals surface area contributed by atoms with E-state index >= 15 is 0 Å². The molecule has 0 heterocycles. The molecule has 4 aromatic carbocycles. The Morgan fingerprint density at radius 2 is 1.16 bits per heavy atom. The second-order valence-electron chi connectivity index (χ2n) is 6.54. The molecule has 32 heavy (non-hydrogen) atoms. The first kappa shape index (κ1) is 25.3. The molecule has 0 unspecified atom stereocenters. The molecule has 0 aliphatic heterocycles. The van der Waals surface area contributed by atoms with Gasteiger partial charge in [0.1, 0.15) is 0 Å². The number of carbonyl (C=O) groups excluding carboxylic acids is 1. The molecular weight excluding hydrogens is 596 g/mol. The van der Waals surface area contributed by atoms with Gasteiger partial charge in [-0.25, -0.2) is 4.79 Å². The first-order valence-electron chi connectivity index (χ1n) is 9.79. The molecule has 0 spiro atoms. The van der Waals surface area contributed by atoms with Crippen LogP contribution in [0, 0.1) is 12.3 Å². The van der Waals surface area contributed by atoms with Crippen LogP contribution in [0.15, 0.2) is 115 Å². The molecule has 0 amide bonds. The summed E-state index contributed by atoms with van der Waals surface area (Å²) in [7, 11) is 0.877. The van der Waals surface area contributed by atoms with Crippen molar-refractivity contribution in [1.29, 1.82) is 0 Å². The van der Waals surface area contributed by atoms with Gasteiger partial charge >= 0.3 is 28.3 Å². The zero-order valence-corrected chi connectivity index (χ0v) is 20.6. The Hall–Kier alpha value is -2.92. The first-order chi connectivity index (χ1) is 15.2. The van der Waals surface area contributed by atoms with Crippen molar-refractivity contribution in [2.24, 2.45) is 0 Å². The third-order valence-electron chi connectivity index (χ3n) is 4.47. The smallest absolute Gasteiger partial charge is 0.465 e. The number of ether oxygens (including phenoxy) is 1. The maximum Gasteiger partial charge on any atom is 1.00 e. The quantitative estimate of drug-likeness (QED) is 0.108. The molecular formula is C28H22AuO2P. The Labute approximate surface area is 206 Å². The summed E-state index contributed by atoms with van der Waals surface area (Å²) < 4.78 is 4.51. The van der Waals surface area contributed by atoms with Gasteiger partial charge in [0.25, 0.3) is 0 Å². The number of carbonyl (C=O) groups is 1. The van der Waals surface area contributed by atoms with Crippen LogP contribution in [-0.2, 0) is 27.1 Å². The standard InChI is InChI=1S/C18H15P.C10H7O2.Au/c1-4-10-16(11-5-1)19(17-12-6-2-7-13-17)18-14-8-3-9-15-18;1-3-8-5-4-6-9(7-8)10(11)12-2;/h1-15H;4-7H,2H3;/q;-1;+1. The zero-order chi connectivity index (χ0) is 21.9. The van der Waals surface area contributed by atoms with Crippen molar-refractivity contribution >= 4 is 29.8 Å². The summed E-state index contributed by atoms with van der Waals surface area (Å²) in [6.45, 7) is 0. The fraction of sp³-hybridized carbons (Fsp3) is 0.0357. The minimum Gasteiger partial charge on any atom is -0.465 e. The van der Waals surface area contributed by atoms with Crippen LogP contribution in [-0.4, -0.2) is 13.1 Å². The predicted octanol–water partition coefficient (Wildman–Crippen LogP) is 4.85. The van der Waals surface area contributed by atoms with Gasteiger partial charge in [-0.3, -0.25) is 5.92 Å². The Balaban J connectivity index is 0.000000244. The van der Waals surface area contributed by atoms with Gasteiger partial charge in [-0.05, 0) is 23.8 Å². The van der Waals surface area contributed by atoms with E-state index < -0.39 is 13.9 Å². The maximum atomic E-state index is 11.0. The normalized spacial score (nSPS) is 9.53. The van der Waals surface area contributed by atoms with E-state index in [2.05, 4.69) is 102 Å². The van der Waals surface area contributed by atoms with Crippen LogP contribution in [0.1, 0.15) is 15.9 Å².